The van der Waals surface area contributed by atoms with E-state index in [9.17, 15) is 4.79 Å². The summed E-state index contributed by atoms with van der Waals surface area (Å²) in [5.74, 6) is -0.0993. The van der Waals surface area contributed by atoms with Crippen molar-refractivity contribution in [2.24, 2.45) is 4.99 Å². The average molecular weight is 388 g/mol. The standard InChI is InChI=1S/C22H14BrNO/c23-18-9-11-19(12-10-18)24-14-22(25)17-8-7-16-6-5-15-3-1-2-4-20(15)21(16)13-17/h1-14H. The molecule has 0 saturated heterocycles. The van der Waals surface area contributed by atoms with Gasteiger partial charge in [0.25, 0.3) is 0 Å². The molecule has 0 aromatic heterocycles. The Morgan fingerprint density at radius 3 is 2.28 bits per heavy atom. The largest absolute Gasteiger partial charge is 0.288 e. The molecule has 0 aliphatic heterocycles. The molecule has 2 nitrogen and oxygen atoms in total. The molecule has 0 atom stereocenters. The fraction of sp³-hybridized carbons (Fsp3) is 0. The third-order valence-electron chi connectivity index (χ3n) is 4.19. The van der Waals surface area contributed by atoms with Crippen LogP contribution in [0.3, 0.4) is 0 Å². The Bertz CT molecular complexity index is 1110. The summed E-state index contributed by atoms with van der Waals surface area (Å²) in [6.07, 6.45) is 1.38. The van der Waals surface area contributed by atoms with Crippen LogP contribution in [0, 0.1) is 0 Å². The summed E-state index contributed by atoms with van der Waals surface area (Å²) in [5, 5.41) is 4.53. The molecule has 0 aliphatic carbocycles. The van der Waals surface area contributed by atoms with Crippen LogP contribution in [0.15, 0.2) is 88.3 Å². The van der Waals surface area contributed by atoms with E-state index < -0.39 is 0 Å². The molecule has 4 aromatic rings. The Morgan fingerprint density at radius 1 is 0.800 bits per heavy atom. The third kappa shape index (κ3) is 3.24. The Labute approximate surface area is 154 Å². The lowest BCUT2D eigenvalue weighted by Crippen LogP contribution is -1.99. The number of halogens is 1. The van der Waals surface area contributed by atoms with Crippen LogP contribution in [0.2, 0.25) is 0 Å². The molecule has 4 rings (SSSR count). The van der Waals surface area contributed by atoms with Gasteiger partial charge in [0.2, 0.25) is 5.78 Å². The van der Waals surface area contributed by atoms with E-state index in [0.717, 1.165) is 26.3 Å². The molecule has 3 heteroatoms. The molecular weight excluding hydrogens is 374 g/mol. The van der Waals surface area contributed by atoms with Crippen molar-refractivity contribution in [3.63, 3.8) is 0 Å². The van der Waals surface area contributed by atoms with Gasteiger partial charge in [-0.05, 0) is 51.9 Å². The molecule has 0 unspecified atom stereocenters. The van der Waals surface area contributed by atoms with Crippen LogP contribution in [0.1, 0.15) is 10.4 Å². The van der Waals surface area contributed by atoms with E-state index in [1.54, 1.807) is 0 Å². The van der Waals surface area contributed by atoms with Crippen molar-refractivity contribution < 1.29 is 4.79 Å². The lowest BCUT2D eigenvalue weighted by Gasteiger charge is -2.05. The second kappa shape index (κ2) is 6.61. The van der Waals surface area contributed by atoms with Gasteiger partial charge in [-0.1, -0.05) is 64.5 Å². The summed E-state index contributed by atoms with van der Waals surface area (Å²) >= 11 is 3.39. The number of fused-ring (bicyclic) bond motifs is 3. The maximum absolute atomic E-state index is 12.5. The van der Waals surface area contributed by atoms with Crippen molar-refractivity contribution in [1.29, 1.82) is 0 Å². The first-order chi connectivity index (χ1) is 12.2. The molecule has 0 heterocycles. The first-order valence-electron chi connectivity index (χ1n) is 7.96. The summed E-state index contributed by atoms with van der Waals surface area (Å²) in [4.78, 5) is 16.8. The average Bonchev–Trinajstić information content (AvgIpc) is 2.67. The van der Waals surface area contributed by atoms with E-state index in [-0.39, 0.29) is 5.78 Å². The highest BCUT2D eigenvalue weighted by Gasteiger charge is 2.06. The molecule has 0 radical (unpaired) electrons. The fourth-order valence-corrected chi connectivity index (χ4v) is 3.15. The van der Waals surface area contributed by atoms with Crippen molar-refractivity contribution in [2.45, 2.75) is 0 Å². The summed E-state index contributed by atoms with van der Waals surface area (Å²) in [6.45, 7) is 0. The minimum Gasteiger partial charge on any atom is -0.288 e. The third-order valence-corrected chi connectivity index (χ3v) is 4.72. The van der Waals surface area contributed by atoms with Crippen molar-refractivity contribution >= 4 is 55.2 Å². The lowest BCUT2D eigenvalue weighted by molar-refractivity contribution is 0.107. The van der Waals surface area contributed by atoms with Gasteiger partial charge >= 0.3 is 0 Å². The van der Waals surface area contributed by atoms with Crippen molar-refractivity contribution in [1.82, 2.24) is 0 Å². The highest BCUT2D eigenvalue weighted by Crippen LogP contribution is 2.26. The zero-order chi connectivity index (χ0) is 17.2. The van der Waals surface area contributed by atoms with Crippen LogP contribution >= 0.6 is 15.9 Å². The first kappa shape index (κ1) is 15.7. The van der Waals surface area contributed by atoms with E-state index >= 15 is 0 Å². The van der Waals surface area contributed by atoms with Gasteiger partial charge in [-0.15, -0.1) is 0 Å². The monoisotopic (exact) mass is 387 g/mol. The SMILES string of the molecule is O=C(C=Nc1ccc(Br)cc1)c1ccc2ccc3ccccc3c2c1. The number of carbonyl (C=O) groups is 1. The Balaban J connectivity index is 1.72. The van der Waals surface area contributed by atoms with Gasteiger partial charge in [0.1, 0.15) is 0 Å². The second-order valence-electron chi connectivity index (χ2n) is 5.82. The molecule has 0 bridgehead atoms. The number of hydrogen-bond acceptors (Lipinski definition) is 2. The van der Waals surface area contributed by atoms with Gasteiger partial charge < -0.3 is 0 Å². The molecule has 0 spiro atoms. The van der Waals surface area contributed by atoms with Crippen molar-refractivity contribution in [3.8, 4) is 0 Å². The Kier molecular flexibility index (Phi) is 4.16. The minimum atomic E-state index is -0.0993. The molecular formula is C22H14BrNO. The Hall–Kier alpha value is -2.78. The van der Waals surface area contributed by atoms with E-state index in [0.29, 0.717) is 5.56 Å². The summed E-state index contributed by atoms with van der Waals surface area (Å²) in [5.41, 5.74) is 1.40. The number of rotatable bonds is 3. The van der Waals surface area contributed by atoms with Gasteiger partial charge in [-0.3, -0.25) is 9.79 Å². The van der Waals surface area contributed by atoms with Gasteiger partial charge in [-0.25, -0.2) is 0 Å². The molecule has 0 saturated carbocycles. The van der Waals surface area contributed by atoms with Crippen LogP contribution in [-0.4, -0.2) is 12.0 Å². The number of aliphatic imine (C=N–C) groups is 1. The van der Waals surface area contributed by atoms with Crippen LogP contribution in [-0.2, 0) is 0 Å². The van der Waals surface area contributed by atoms with Crippen LogP contribution in [0.4, 0.5) is 5.69 Å². The predicted octanol–water partition coefficient (Wildman–Crippen LogP) is 6.34. The van der Waals surface area contributed by atoms with Gasteiger partial charge in [0.05, 0.1) is 11.9 Å². The zero-order valence-electron chi connectivity index (χ0n) is 13.3. The van der Waals surface area contributed by atoms with Crippen molar-refractivity contribution in [2.75, 3.05) is 0 Å². The fourth-order valence-electron chi connectivity index (χ4n) is 2.89. The number of Topliss-reactive ketones (excluding diaryl/α,β-unsaturated/α-hetero) is 1. The second-order valence-corrected chi connectivity index (χ2v) is 6.74. The molecule has 0 fully saturated rings. The predicted molar refractivity (Wildman–Crippen MR) is 108 cm³/mol. The molecule has 120 valence electrons. The van der Waals surface area contributed by atoms with Gasteiger partial charge in [0, 0.05) is 10.0 Å². The molecule has 4 aromatic carbocycles. The number of ketones is 1. The van der Waals surface area contributed by atoms with Gasteiger partial charge in [0.15, 0.2) is 0 Å². The van der Waals surface area contributed by atoms with Crippen LogP contribution in [0.5, 0.6) is 0 Å². The topological polar surface area (TPSA) is 29.4 Å². The molecule has 25 heavy (non-hydrogen) atoms. The highest BCUT2D eigenvalue weighted by atomic mass is 79.9. The summed E-state index contributed by atoms with van der Waals surface area (Å²) in [7, 11) is 0. The van der Waals surface area contributed by atoms with Crippen LogP contribution < -0.4 is 0 Å². The zero-order valence-corrected chi connectivity index (χ0v) is 14.9. The molecule has 0 aliphatic rings. The van der Waals surface area contributed by atoms with Crippen LogP contribution in [0.25, 0.3) is 21.5 Å². The molecule has 0 N–H and O–H groups in total. The first-order valence-corrected chi connectivity index (χ1v) is 8.75. The van der Waals surface area contributed by atoms with E-state index in [2.05, 4.69) is 45.2 Å². The maximum Gasteiger partial charge on any atom is 0.204 e. The smallest absolute Gasteiger partial charge is 0.204 e. The Morgan fingerprint density at radius 2 is 1.48 bits per heavy atom. The lowest BCUT2D eigenvalue weighted by atomic mass is 9.99. The number of nitrogens with zero attached hydrogens (tertiary/aromatic N) is 1. The maximum atomic E-state index is 12.5. The number of carbonyl (C=O) groups excluding carboxylic acids is 1. The normalized spacial score (nSPS) is 11.4. The quantitative estimate of drug-likeness (QED) is 0.229. The van der Waals surface area contributed by atoms with Crippen molar-refractivity contribution in [3.05, 3.63) is 88.9 Å². The number of hydrogen-bond donors (Lipinski definition) is 0. The highest BCUT2D eigenvalue weighted by molar-refractivity contribution is 9.10. The number of benzene rings is 4. The minimum absolute atomic E-state index is 0.0993. The van der Waals surface area contributed by atoms with E-state index in [1.165, 1.54) is 11.6 Å². The summed E-state index contributed by atoms with van der Waals surface area (Å²) in [6, 6.07) is 25.7. The van der Waals surface area contributed by atoms with E-state index in [4.69, 9.17) is 0 Å². The van der Waals surface area contributed by atoms with Gasteiger partial charge in [-0.2, -0.15) is 0 Å². The summed E-state index contributed by atoms with van der Waals surface area (Å²) < 4.78 is 0.985. The molecule has 0 amide bonds. The van der Waals surface area contributed by atoms with E-state index in [1.807, 2.05) is 54.6 Å².